The van der Waals surface area contributed by atoms with Crippen molar-refractivity contribution in [2.75, 3.05) is 27.4 Å². The lowest BCUT2D eigenvalue weighted by Gasteiger charge is -2.10. The molecule has 0 aliphatic carbocycles. The molecule has 8 heteroatoms. The maximum absolute atomic E-state index is 12.3. The van der Waals surface area contributed by atoms with Crippen LogP contribution in [-0.2, 0) is 9.59 Å². The first kappa shape index (κ1) is 26.0. The van der Waals surface area contributed by atoms with Crippen molar-refractivity contribution >= 4 is 24.0 Å². The molecule has 0 unspecified atom stereocenters. The number of carbonyl (C=O) groups is 2. The Hall–Kier alpha value is -4.25. The van der Waals surface area contributed by atoms with Gasteiger partial charge in [-0.2, -0.15) is 5.26 Å². The lowest BCUT2D eigenvalue weighted by atomic mass is 10.1. The lowest BCUT2D eigenvalue weighted by molar-refractivity contribution is -0.129. The van der Waals surface area contributed by atoms with E-state index in [2.05, 4.69) is 5.32 Å². The highest BCUT2D eigenvalue weighted by molar-refractivity contribution is 6.01. The highest BCUT2D eigenvalue weighted by Crippen LogP contribution is 2.30. The van der Waals surface area contributed by atoms with E-state index in [0.717, 1.165) is 12.0 Å². The molecule has 0 aromatic heterocycles. The summed E-state index contributed by atoms with van der Waals surface area (Å²) < 4.78 is 21.5. The number of carbonyl (C=O) groups excluding carboxylic acids is 2. The molecule has 0 saturated carbocycles. The van der Waals surface area contributed by atoms with Gasteiger partial charge >= 0.3 is 5.97 Å². The van der Waals surface area contributed by atoms with Crippen molar-refractivity contribution in [1.82, 2.24) is 5.32 Å². The normalized spacial score (nSPS) is 11.0. The molecular formula is C26H28N2O6. The fraction of sp³-hybridized carbons (Fsp3) is 0.269. The predicted molar refractivity (Wildman–Crippen MR) is 129 cm³/mol. The number of ether oxygens (including phenoxy) is 4. The fourth-order valence-electron chi connectivity index (χ4n) is 2.88. The van der Waals surface area contributed by atoms with E-state index in [4.69, 9.17) is 18.9 Å². The average Bonchev–Trinajstić information content (AvgIpc) is 2.85. The van der Waals surface area contributed by atoms with Crippen molar-refractivity contribution in [3.05, 3.63) is 59.2 Å². The number of amides is 1. The maximum atomic E-state index is 12.3. The Kier molecular flexibility index (Phi) is 10.2. The summed E-state index contributed by atoms with van der Waals surface area (Å²) in [5.41, 5.74) is 1.25. The molecule has 178 valence electrons. The zero-order valence-electron chi connectivity index (χ0n) is 19.7. The van der Waals surface area contributed by atoms with Crippen molar-refractivity contribution in [3.8, 4) is 29.1 Å². The Morgan fingerprint density at radius 3 is 2.26 bits per heavy atom. The molecule has 0 aliphatic rings. The zero-order valence-corrected chi connectivity index (χ0v) is 19.7. The van der Waals surface area contributed by atoms with Crippen LogP contribution in [0.2, 0.25) is 0 Å². The molecule has 0 fully saturated rings. The summed E-state index contributed by atoms with van der Waals surface area (Å²) in [5, 5.41) is 11.9. The Morgan fingerprint density at radius 1 is 0.971 bits per heavy atom. The molecule has 1 amide bonds. The highest BCUT2D eigenvalue weighted by Gasteiger charge is 2.12. The Bertz CT molecular complexity index is 1110. The topological polar surface area (TPSA) is 107 Å². The van der Waals surface area contributed by atoms with Crippen LogP contribution in [-0.4, -0.2) is 39.2 Å². The number of hydrogen-bond acceptors (Lipinski definition) is 7. The summed E-state index contributed by atoms with van der Waals surface area (Å²) in [4.78, 5) is 24.4. The Balaban J connectivity index is 2.15. The summed E-state index contributed by atoms with van der Waals surface area (Å²) in [5.74, 6) is 0.604. The predicted octanol–water partition coefficient (Wildman–Crippen LogP) is 4.15. The molecular weight excluding hydrogens is 436 g/mol. The van der Waals surface area contributed by atoms with Gasteiger partial charge in [0.05, 0.1) is 20.8 Å². The fourth-order valence-corrected chi connectivity index (χ4v) is 2.88. The van der Waals surface area contributed by atoms with Gasteiger partial charge in [-0.15, -0.1) is 0 Å². The number of benzene rings is 2. The van der Waals surface area contributed by atoms with Crippen LogP contribution in [0.1, 0.15) is 31.4 Å². The van der Waals surface area contributed by atoms with Crippen LogP contribution in [0.25, 0.3) is 12.2 Å². The van der Waals surface area contributed by atoms with Gasteiger partial charge in [0.25, 0.3) is 5.91 Å². The second kappa shape index (κ2) is 13.3. The minimum Gasteiger partial charge on any atom is -0.493 e. The molecule has 0 spiro atoms. The third-order valence-electron chi connectivity index (χ3n) is 4.51. The van der Waals surface area contributed by atoms with Crippen LogP contribution in [0.5, 0.6) is 23.0 Å². The smallest absolute Gasteiger partial charge is 0.336 e. The van der Waals surface area contributed by atoms with E-state index in [1.807, 2.05) is 19.9 Å². The first-order chi connectivity index (χ1) is 16.4. The summed E-state index contributed by atoms with van der Waals surface area (Å²) in [6.07, 6.45) is 5.09. The third kappa shape index (κ3) is 7.41. The Morgan fingerprint density at radius 2 is 1.62 bits per heavy atom. The number of methoxy groups -OCH3 is 2. The molecule has 8 nitrogen and oxygen atoms in total. The minimum atomic E-state index is -0.605. The number of nitriles is 1. The van der Waals surface area contributed by atoms with Crippen LogP contribution in [0.3, 0.4) is 0 Å². The largest absolute Gasteiger partial charge is 0.493 e. The monoisotopic (exact) mass is 464 g/mol. The lowest BCUT2D eigenvalue weighted by Crippen LogP contribution is -2.25. The number of nitrogens with one attached hydrogen (secondary N) is 1. The summed E-state index contributed by atoms with van der Waals surface area (Å²) in [7, 11) is 2.98. The molecule has 0 heterocycles. The van der Waals surface area contributed by atoms with Crippen LogP contribution in [0.4, 0.5) is 0 Å². The van der Waals surface area contributed by atoms with Crippen LogP contribution < -0.4 is 24.3 Å². The molecule has 0 saturated heterocycles. The first-order valence-corrected chi connectivity index (χ1v) is 10.7. The number of nitrogens with zero attached hydrogens (tertiary/aromatic N) is 1. The molecule has 0 bridgehead atoms. The molecule has 0 aliphatic heterocycles. The van der Waals surface area contributed by atoms with Gasteiger partial charge in [-0.05, 0) is 60.9 Å². The standard InChI is InChI=1S/C26H28N2O6/c1-5-13-28-26(30)20(17-27)14-19-8-11-22(24(16-19)32-4)34-25(29)12-9-18-7-10-21(33-6-2)23(15-18)31-3/h7-12,14-16H,5-6,13H2,1-4H3,(H,28,30)/b12-9+,20-14+. The second-order valence-electron chi connectivity index (χ2n) is 6.93. The van der Waals surface area contributed by atoms with E-state index in [1.165, 1.54) is 25.3 Å². The van der Waals surface area contributed by atoms with Crippen LogP contribution in [0, 0.1) is 11.3 Å². The molecule has 2 rings (SSSR count). The van der Waals surface area contributed by atoms with Crippen LogP contribution >= 0.6 is 0 Å². The van der Waals surface area contributed by atoms with Crippen molar-refractivity contribution in [1.29, 1.82) is 5.26 Å². The summed E-state index contributed by atoms with van der Waals surface area (Å²) >= 11 is 0. The minimum absolute atomic E-state index is 0.0334. The SMILES string of the molecule is CCCNC(=O)/C(C#N)=C/c1ccc(OC(=O)/C=C/c2ccc(OCC)c(OC)c2)c(OC)c1. The van der Waals surface area contributed by atoms with Crippen molar-refractivity contribution < 1.29 is 28.5 Å². The number of esters is 1. The molecule has 2 aromatic carbocycles. The van der Waals surface area contributed by atoms with E-state index in [-0.39, 0.29) is 17.1 Å². The number of hydrogen-bond donors (Lipinski definition) is 1. The second-order valence-corrected chi connectivity index (χ2v) is 6.93. The molecule has 34 heavy (non-hydrogen) atoms. The Labute approximate surface area is 199 Å². The average molecular weight is 465 g/mol. The zero-order chi connectivity index (χ0) is 24.9. The van der Waals surface area contributed by atoms with Gasteiger partial charge in [0.15, 0.2) is 23.0 Å². The van der Waals surface area contributed by atoms with Gasteiger partial charge < -0.3 is 24.3 Å². The van der Waals surface area contributed by atoms with E-state index < -0.39 is 11.9 Å². The van der Waals surface area contributed by atoms with Gasteiger partial charge in [0, 0.05) is 12.6 Å². The first-order valence-electron chi connectivity index (χ1n) is 10.7. The third-order valence-corrected chi connectivity index (χ3v) is 4.51. The molecule has 0 radical (unpaired) electrons. The van der Waals surface area contributed by atoms with Crippen molar-refractivity contribution in [2.45, 2.75) is 20.3 Å². The van der Waals surface area contributed by atoms with Crippen molar-refractivity contribution in [2.24, 2.45) is 0 Å². The van der Waals surface area contributed by atoms with Gasteiger partial charge in [0.1, 0.15) is 11.6 Å². The van der Waals surface area contributed by atoms with Gasteiger partial charge in [-0.25, -0.2) is 4.79 Å². The summed E-state index contributed by atoms with van der Waals surface area (Å²) in [6, 6.07) is 11.9. The van der Waals surface area contributed by atoms with E-state index in [0.29, 0.717) is 30.2 Å². The quantitative estimate of drug-likeness (QED) is 0.230. The van der Waals surface area contributed by atoms with E-state index in [9.17, 15) is 14.9 Å². The highest BCUT2D eigenvalue weighted by atomic mass is 16.6. The van der Waals surface area contributed by atoms with Gasteiger partial charge in [-0.3, -0.25) is 4.79 Å². The number of rotatable bonds is 11. The van der Waals surface area contributed by atoms with Gasteiger partial charge in [-0.1, -0.05) is 19.1 Å². The summed E-state index contributed by atoms with van der Waals surface area (Å²) in [6.45, 7) is 4.80. The molecule has 1 N–H and O–H groups in total. The molecule has 0 atom stereocenters. The van der Waals surface area contributed by atoms with Crippen LogP contribution in [0.15, 0.2) is 48.0 Å². The molecule has 2 aromatic rings. The van der Waals surface area contributed by atoms with E-state index in [1.54, 1.807) is 43.5 Å². The van der Waals surface area contributed by atoms with Crippen molar-refractivity contribution in [3.63, 3.8) is 0 Å². The van der Waals surface area contributed by atoms with Gasteiger partial charge in [0.2, 0.25) is 0 Å². The van der Waals surface area contributed by atoms with E-state index >= 15 is 0 Å². The maximum Gasteiger partial charge on any atom is 0.336 e.